The Morgan fingerprint density at radius 1 is 1.31 bits per heavy atom. The quantitative estimate of drug-likeness (QED) is 0.639. The number of nitrogens with one attached hydrogen (secondary N) is 2. The van der Waals surface area contributed by atoms with E-state index in [1.165, 1.54) is 18.4 Å². The number of aromatic nitrogens is 1. The van der Waals surface area contributed by atoms with E-state index in [1.54, 1.807) is 6.07 Å². The summed E-state index contributed by atoms with van der Waals surface area (Å²) >= 11 is 13.4. The smallest absolute Gasteiger partial charge is 0.315 e. The van der Waals surface area contributed by atoms with Gasteiger partial charge < -0.3 is 15.0 Å². The molecule has 26 heavy (non-hydrogen) atoms. The zero-order valence-electron chi connectivity index (χ0n) is 13.6. The standard InChI is InChI=1S/C18H14Cl2N2O3S/c1-25-18(24)13-9-5-3-2-4-8(9)6-10(13)22-17(23)11-7-12-15(21-11)14(19)16(20)26-12/h2-5,7,10,13,21H,6H2,1H3,(H,22,23)/t10?,13-/m1/s1. The van der Waals surface area contributed by atoms with Crippen LogP contribution in [0.1, 0.15) is 27.5 Å². The van der Waals surface area contributed by atoms with Crippen molar-refractivity contribution in [2.75, 3.05) is 7.11 Å². The fourth-order valence-corrected chi connectivity index (χ4v) is 4.92. The molecule has 2 atom stereocenters. The number of ether oxygens (including phenoxy) is 1. The molecule has 1 unspecified atom stereocenters. The first-order valence-corrected chi connectivity index (χ1v) is 9.50. The van der Waals surface area contributed by atoms with Crippen molar-refractivity contribution in [2.45, 2.75) is 18.4 Å². The van der Waals surface area contributed by atoms with Gasteiger partial charge in [-0.25, -0.2) is 0 Å². The summed E-state index contributed by atoms with van der Waals surface area (Å²) in [4.78, 5) is 28.0. The number of thiophene rings is 1. The molecular formula is C18H14Cl2N2O3S. The minimum Gasteiger partial charge on any atom is -0.468 e. The first-order chi connectivity index (χ1) is 12.5. The van der Waals surface area contributed by atoms with Gasteiger partial charge in [0.05, 0.1) is 28.4 Å². The lowest BCUT2D eigenvalue weighted by Crippen LogP contribution is -2.40. The zero-order chi connectivity index (χ0) is 18.4. The number of H-pyrrole nitrogens is 1. The summed E-state index contributed by atoms with van der Waals surface area (Å²) in [7, 11) is 1.35. The first-order valence-electron chi connectivity index (χ1n) is 7.92. The minimum absolute atomic E-state index is 0.299. The average Bonchev–Trinajstić information content (AvgIpc) is 3.27. The number of carbonyl (C=O) groups excluding carboxylic acids is 2. The molecule has 1 amide bonds. The molecule has 0 spiro atoms. The predicted octanol–water partition coefficient (Wildman–Crippen LogP) is 4.15. The number of aromatic amines is 1. The van der Waals surface area contributed by atoms with Crippen LogP contribution in [0.5, 0.6) is 0 Å². The molecule has 4 rings (SSSR count). The number of hydrogen-bond donors (Lipinski definition) is 2. The van der Waals surface area contributed by atoms with Crippen molar-refractivity contribution in [3.05, 3.63) is 56.5 Å². The van der Waals surface area contributed by atoms with Crippen LogP contribution in [0.15, 0.2) is 30.3 Å². The Morgan fingerprint density at radius 2 is 2.08 bits per heavy atom. The molecule has 3 aromatic rings. The Labute approximate surface area is 163 Å². The van der Waals surface area contributed by atoms with E-state index in [2.05, 4.69) is 10.3 Å². The molecule has 0 aliphatic heterocycles. The van der Waals surface area contributed by atoms with Crippen LogP contribution in [-0.2, 0) is 16.0 Å². The van der Waals surface area contributed by atoms with Crippen LogP contribution in [-0.4, -0.2) is 30.0 Å². The van der Waals surface area contributed by atoms with E-state index in [1.807, 2.05) is 24.3 Å². The summed E-state index contributed by atoms with van der Waals surface area (Å²) < 4.78 is 6.24. The number of hydrogen-bond acceptors (Lipinski definition) is 4. The van der Waals surface area contributed by atoms with Gasteiger partial charge in [-0.1, -0.05) is 47.5 Å². The van der Waals surface area contributed by atoms with Gasteiger partial charge in [-0.3, -0.25) is 9.59 Å². The molecule has 0 saturated heterocycles. The van der Waals surface area contributed by atoms with Gasteiger partial charge in [-0.15, -0.1) is 11.3 Å². The summed E-state index contributed by atoms with van der Waals surface area (Å²) in [6, 6.07) is 9.00. The molecule has 2 aromatic heterocycles. The molecule has 8 heteroatoms. The van der Waals surface area contributed by atoms with Crippen LogP contribution in [0.25, 0.3) is 10.2 Å². The van der Waals surface area contributed by atoms with E-state index < -0.39 is 5.92 Å². The number of benzene rings is 1. The number of methoxy groups -OCH3 is 1. The highest BCUT2D eigenvalue weighted by molar-refractivity contribution is 7.23. The Hall–Kier alpha value is -2.02. The maximum absolute atomic E-state index is 12.7. The fourth-order valence-electron chi connectivity index (χ4n) is 3.43. The summed E-state index contributed by atoms with van der Waals surface area (Å²) in [5, 5.41) is 3.36. The van der Waals surface area contributed by atoms with Gasteiger partial charge in [0.1, 0.15) is 15.9 Å². The van der Waals surface area contributed by atoms with Crippen molar-refractivity contribution in [2.24, 2.45) is 0 Å². The third-order valence-corrected chi connectivity index (χ3v) is 6.55. The number of rotatable bonds is 3. The minimum atomic E-state index is -0.519. The van der Waals surface area contributed by atoms with Crippen LogP contribution < -0.4 is 5.32 Å². The highest BCUT2D eigenvalue weighted by atomic mass is 35.5. The highest BCUT2D eigenvalue weighted by Crippen LogP contribution is 2.39. The van der Waals surface area contributed by atoms with E-state index in [-0.39, 0.29) is 17.9 Å². The van der Waals surface area contributed by atoms with Crippen LogP contribution in [0.2, 0.25) is 9.36 Å². The monoisotopic (exact) mass is 408 g/mol. The van der Waals surface area contributed by atoms with Gasteiger partial charge >= 0.3 is 5.97 Å². The highest BCUT2D eigenvalue weighted by Gasteiger charge is 2.39. The van der Waals surface area contributed by atoms with Gasteiger partial charge in [0.15, 0.2) is 0 Å². The Balaban J connectivity index is 1.60. The van der Waals surface area contributed by atoms with Crippen molar-refractivity contribution in [3.8, 4) is 0 Å². The van der Waals surface area contributed by atoms with Crippen molar-refractivity contribution in [1.29, 1.82) is 0 Å². The van der Waals surface area contributed by atoms with E-state index in [4.69, 9.17) is 27.9 Å². The first kappa shape index (κ1) is 17.4. The van der Waals surface area contributed by atoms with Crippen LogP contribution in [0.3, 0.4) is 0 Å². The molecule has 2 N–H and O–H groups in total. The summed E-state index contributed by atoms with van der Waals surface area (Å²) in [6.45, 7) is 0. The lowest BCUT2D eigenvalue weighted by Gasteiger charge is -2.19. The van der Waals surface area contributed by atoms with Crippen LogP contribution in [0, 0.1) is 0 Å². The number of esters is 1. The Morgan fingerprint density at radius 3 is 2.81 bits per heavy atom. The normalized spacial score (nSPS) is 18.7. The summed E-state index contributed by atoms with van der Waals surface area (Å²) in [5.74, 6) is -1.18. The average molecular weight is 409 g/mol. The Kier molecular flexibility index (Phi) is 4.42. The lowest BCUT2D eigenvalue weighted by molar-refractivity contribution is -0.142. The number of fused-ring (bicyclic) bond motifs is 2. The van der Waals surface area contributed by atoms with Crippen molar-refractivity contribution < 1.29 is 14.3 Å². The van der Waals surface area contributed by atoms with E-state index in [0.29, 0.717) is 27.0 Å². The largest absolute Gasteiger partial charge is 0.468 e. The molecule has 0 bridgehead atoms. The van der Waals surface area contributed by atoms with Crippen molar-refractivity contribution in [3.63, 3.8) is 0 Å². The molecule has 0 radical (unpaired) electrons. The second-order valence-corrected chi connectivity index (χ2v) is 8.13. The van der Waals surface area contributed by atoms with Crippen molar-refractivity contribution in [1.82, 2.24) is 10.3 Å². The maximum Gasteiger partial charge on any atom is 0.315 e. The molecule has 134 valence electrons. The van der Waals surface area contributed by atoms with Gasteiger partial charge in [-0.05, 0) is 23.6 Å². The molecule has 0 saturated carbocycles. The topological polar surface area (TPSA) is 71.2 Å². The van der Waals surface area contributed by atoms with Crippen LogP contribution in [0.4, 0.5) is 0 Å². The van der Waals surface area contributed by atoms with Gasteiger partial charge in [0, 0.05) is 0 Å². The van der Waals surface area contributed by atoms with Gasteiger partial charge in [0.25, 0.3) is 5.91 Å². The van der Waals surface area contributed by atoms with Gasteiger partial charge in [-0.2, -0.15) is 0 Å². The molecular weight excluding hydrogens is 395 g/mol. The van der Waals surface area contributed by atoms with Crippen LogP contribution >= 0.6 is 34.5 Å². The second-order valence-electron chi connectivity index (χ2n) is 6.10. The fraction of sp³-hybridized carbons (Fsp3) is 0.222. The maximum atomic E-state index is 12.7. The summed E-state index contributed by atoms with van der Waals surface area (Å²) in [6.07, 6.45) is 0.573. The molecule has 1 aliphatic carbocycles. The number of carbonyl (C=O) groups is 2. The molecule has 2 heterocycles. The molecule has 1 aromatic carbocycles. The third kappa shape index (κ3) is 2.78. The molecule has 0 fully saturated rings. The number of halogens is 2. The van der Waals surface area contributed by atoms with Gasteiger partial charge in [0.2, 0.25) is 0 Å². The third-order valence-electron chi connectivity index (χ3n) is 4.62. The van der Waals surface area contributed by atoms with E-state index in [9.17, 15) is 9.59 Å². The molecule has 1 aliphatic rings. The number of amides is 1. The van der Waals surface area contributed by atoms with Crippen molar-refractivity contribution >= 4 is 56.6 Å². The second kappa shape index (κ2) is 6.61. The summed E-state index contributed by atoms with van der Waals surface area (Å²) in [5.41, 5.74) is 2.96. The molecule has 5 nitrogen and oxygen atoms in total. The lowest BCUT2D eigenvalue weighted by atomic mass is 9.98. The Bertz CT molecular complexity index is 1030. The SMILES string of the molecule is COC(=O)[C@@H]1c2ccccc2CC1NC(=O)c1cc2sc(Cl)c(Cl)c2[nH]1. The zero-order valence-corrected chi connectivity index (χ0v) is 16.0. The van der Waals surface area contributed by atoms with E-state index in [0.717, 1.165) is 15.8 Å². The predicted molar refractivity (Wildman–Crippen MR) is 102 cm³/mol. The van der Waals surface area contributed by atoms with E-state index >= 15 is 0 Å².